The zero-order chi connectivity index (χ0) is 26.0. The molecule has 188 valence electrons. The molecular formula is C30H38O5. The zero-order valence-electron chi connectivity index (χ0n) is 21.6. The lowest BCUT2D eigenvalue weighted by molar-refractivity contribution is 0.272. The summed E-state index contributed by atoms with van der Waals surface area (Å²) in [4.78, 5) is 0. The molecule has 0 amide bonds. The third kappa shape index (κ3) is 8.37. The molecule has 0 radical (unpaired) electrons. The Morgan fingerprint density at radius 2 is 1.66 bits per heavy atom. The van der Waals surface area contributed by atoms with Crippen LogP contribution >= 0.6 is 0 Å². The molecule has 3 N–H and O–H groups in total. The molecule has 1 atom stereocenters. The molecule has 35 heavy (non-hydrogen) atoms. The minimum Gasteiger partial charge on any atom is -0.509 e. The summed E-state index contributed by atoms with van der Waals surface area (Å²) in [5.41, 5.74) is 5.58. The van der Waals surface area contributed by atoms with Gasteiger partial charge in [0.1, 0.15) is 17.3 Å². The number of allylic oxidation sites excluding steroid dienone is 5. The average molecular weight is 479 g/mol. The Labute approximate surface area is 209 Å². The van der Waals surface area contributed by atoms with Crippen LogP contribution in [0, 0.1) is 5.92 Å². The quantitative estimate of drug-likeness (QED) is 0.185. The molecule has 0 saturated heterocycles. The predicted molar refractivity (Wildman–Crippen MR) is 143 cm³/mol. The molecule has 1 unspecified atom stereocenters. The maximum Gasteiger partial charge on any atom is 0.163 e. The number of ether oxygens (including phenoxy) is 2. The number of hydrogen-bond acceptors (Lipinski definition) is 5. The van der Waals surface area contributed by atoms with Gasteiger partial charge in [0.2, 0.25) is 0 Å². The highest BCUT2D eigenvalue weighted by Crippen LogP contribution is 2.29. The molecule has 5 heteroatoms. The Kier molecular flexibility index (Phi) is 10.7. The molecule has 0 aliphatic rings. The molecule has 0 saturated carbocycles. The van der Waals surface area contributed by atoms with E-state index in [9.17, 15) is 15.3 Å². The fraction of sp³-hybridized carbons (Fsp3) is 0.333. The van der Waals surface area contributed by atoms with Crippen LogP contribution < -0.4 is 0 Å². The van der Waals surface area contributed by atoms with Crippen molar-refractivity contribution in [1.29, 1.82) is 0 Å². The van der Waals surface area contributed by atoms with Crippen LogP contribution in [0.25, 0.3) is 11.6 Å². The molecular weight excluding hydrogens is 440 g/mol. The number of aromatic hydroxyl groups is 1. The summed E-state index contributed by atoms with van der Waals surface area (Å²) >= 11 is 0. The lowest BCUT2D eigenvalue weighted by atomic mass is 9.93. The Morgan fingerprint density at radius 1 is 0.971 bits per heavy atom. The van der Waals surface area contributed by atoms with Gasteiger partial charge in [-0.2, -0.15) is 0 Å². The van der Waals surface area contributed by atoms with Crippen molar-refractivity contribution in [1.82, 2.24) is 0 Å². The van der Waals surface area contributed by atoms with Crippen LogP contribution in [0.5, 0.6) is 5.75 Å². The number of benzene rings is 2. The van der Waals surface area contributed by atoms with Gasteiger partial charge in [-0.05, 0) is 92.1 Å². The van der Waals surface area contributed by atoms with E-state index >= 15 is 0 Å². The fourth-order valence-electron chi connectivity index (χ4n) is 3.82. The minimum absolute atomic E-state index is 0.0245. The Hall–Kier alpha value is -3.44. The summed E-state index contributed by atoms with van der Waals surface area (Å²) < 4.78 is 11.1. The minimum atomic E-state index is -0.0381. The highest BCUT2D eigenvalue weighted by molar-refractivity contribution is 5.80. The van der Waals surface area contributed by atoms with Crippen molar-refractivity contribution in [3.8, 4) is 5.75 Å². The Bertz CT molecular complexity index is 1100. The van der Waals surface area contributed by atoms with Crippen LogP contribution in [-0.2, 0) is 22.5 Å². The molecule has 2 aromatic carbocycles. The number of phenolic OH excluding ortho intramolecular Hbond substituents is 1. The van der Waals surface area contributed by atoms with E-state index in [0.717, 1.165) is 35.1 Å². The van der Waals surface area contributed by atoms with Crippen molar-refractivity contribution >= 4 is 11.6 Å². The van der Waals surface area contributed by atoms with Gasteiger partial charge in [0.25, 0.3) is 0 Å². The van der Waals surface area contributed by atoms with E-state index in [4.69, 9.17) is 9.47 Å². The second-order valence-electron chi connectivity index (χ2n) is 8.99. The summed E-state index contributed by atoms with van der Waals surface area (Å²) in [7, 11) is 3.06. The van der Waals surface area contributed by atoms with Crippen molar-refractivity contribution < 1.29 is 24.8 Å². The van der Waals surface area contributed by atoms with Crippen molar-refractivity contribution in [2.75, 3.05) is 14.2 Å². The van der Waals surface area contributed by atoms with Crippen molar-refractivity contribution in [3.63, 3.8) is 0 Å². The van der Waals surface area contributed by atoms with Crippen LogP contribution in [0.2, 0.25) is 0 Å². The standard InChI is InChI=1S/C30H38O5/c1-20(2)7-8-21(3)15-25-10-9-23(16-26(25)19-31)17-28(34-5)18-29(30(35-6)22(4)32)24-11-13-27(33)14-12-24/h7,9-14,16-18,21,31-33H,8,15,19H2,1-6H3/b28-17-,29-18-,30-22-. The van der Waals surface area contributed by atoms with Gasteiger partial charge in [0, 0.05) is 5.57 Å². The molecule has 0 bridgehead atoms. The van der Waals surface area contributed by atoms with E-state index in [2.05, 4.69) is 32.9 Å². The molecule has 0 aromatic heterocycles. The average Bonchev–Trinajstić information content (AvgIpc) is 2.83. The molecule has 0 heterocycles. The molecule has 0 aliphatic carbocycles. The molecule has 0 fully saturated rings. The second kappa shape index (κ2) is 13.4. The summed E-state index contributed by atoms with van der Waals surface area (Å²) in [6.07, 6.45) is 7.80. The third-order valence-corrected chi connectivity index (χ3v) is 5.68. The number of aliphatic hydroxyl groups excluding tert-OH is 2. The first-order valence-electron chi connectivity index (χ1n) is 11.8. The highest BCUT2D eigenvalue weighted by atomic mass is 16.5. The molecule has 2 rings (SSSR count). The SMILES string of the molecule is COC(=C\c1ccc(CC(C)CC=C(C)C)c(CO)c1)/C=C(\C(OC)=C(/C)O)c1ccc(O)cc1. The van der Waals surface area contributed by atoms with E-state index in [1.807, 2.05) is 18.2 Å². The van der Waals surface area contributed by atoms with Gasteiger partial charge in [-0.3, -0.25) is 0 Å². The van der Waals surface area contributed by atoms with E-state index < -0.39 is 0 Å². The van der Waals surface area contributed by atoms with Crippen molar-refractivity contribution in [2.24, 2.45) is 5.92 Å². The van der Waals surface area contributed by atoms with Crippen LogP contribution in [0.3, 0.4) is 0 Å². The zero-order valence-corrected chi connectivity index (χ0v) is 21.6. The predicted octanol–water partition coefficient (Wildman–Crippen LogP) is 6.93. The maximum absolute atomic E-state index is 10.2. The van der Waals surface area contributed by atoms with Crippen LogP contribution in [-0.4, -0.2) is 29.5 Å². The molecule has 0 spiro atoms. The fourth-order valence-corrected chi connectivity index (χ4v) is 3.82. The second-order valence-corrected chi connectivity index (χ2v) is 8.99. The van der Waals surface area contributed by atoms with Gasteiger partial charge in [-0.1, -0.05) is 42.8 Å². The van der Waals surface area contributed by atoms with Gasteiger partial charge in [-0.15, -0.1) is 0 Å². The lowest BCUT2D eigenvalue weighted by Gasteiger charge is -2.15. The first kappa shape index (κ1) is 27.8. The Morgan fingerprint density at radius 3 is 2.20 bits per heavy atom. The number of methoxy groups -OCH3 is 2. The van der Waals surface area contributed by atoms with Gasteiger partial charge in [-0.25, -0.2) is 0 Å². The first-order valence-corrected chi connectivity index (χ1v) is 11.8. The molecule has 0 aliphatic heterocycles. The smallest absolute Gasteiger partial charge is 0.163 e. The van der Waals surface area contributed by atoms with Crippen molar-refractivity contribution in [2.45, 2.75) is 47.1 Å². The maximum atomic E-state index is 10.2. The number of rotatable bonds is 11. The summed E-state index contributed by atoms with van der Waals surface area (Å²) in [6.45, 7) is 7.94. The molecule has 2 aromatic rings. The van der Waals surface area contributed by atoms with E-state index in [-0.39, 0.29) is 18.1 Å². The molecule has 5 nitrogen and oxygen atoms in total. The van der Waals surface area contributed by atoms with Crippen molar-refractivity contribution in [3.05, 3.63) is 99.7 Å². The number of hydrogen-bond donors (Lipinski definition) is 3. The van der Waals surface area contributed by atoms with E-state index in [1.54, 1.807) is 44.4 Å². The van der Waals surface area contributed by atoms with Gasteiger partial charge in [0.05, 0.1) is 20.8 Å². The highest BCUT2D eigenvalue weighted by Gasteiger charge is 2.14. The van der Waals surface area contributed by atoms with Crippen LogP contribution in [0.1, 0.15) is 56.4 Å². The number of phenols is 1. The van der Waals surface area contributed by atoms with E-state index in [1.165, 1.54) is 12.7 Å². The topological polar surface area (TPSA) is 79.2 Å². The number of aliphatic hydroxyl groups is 2. The first-order chi connectivity index (χ1) is 16.7. The summed E-state index contributed by atoms with van der Waals surface area (Å²) in [5, 5.41) is 29.9. The van der Waals surface area contributed by atoms with Gasteiger partial charge >= 0.3 is 0 Å². The van der Waals surface area contributed by atoms with Gasteiger partial charge in [0.15, 0.2) is 5.76 Å². The third-order valence-electron chi connectivity index (χ3n) is 5.68. The van der Waals surface area contributed by atoms with Gasteiger partial charge < -0.3 is 24.8 Å². The summed E-state index contributed by atoms with van der Waals surface area (Å²) in [6, 6.07) is 12.7. The van der Waals surface area contributed by atoms with E-state index in [0.29, 0.717) is 23.0 Å². The lowest BCUT2D eigenvalue weighted by Crippen LogP contribution is -2.03. The summed E-state index contributed by atoms with van der Waals surface area (Å²) in [5.74, 6) is 1.48. The van der Waals surface area contributed by atoms with Crippen LogP contribution in [0.4, 0.5) is 0 Å². The Balaban J connectivity index is 2.45. The van der Waals surface area contributed by atoms with Crippen LogP contribution in [0.15, 0.2) is 77.5 Å². The monoisotopic (exact) mass is 478 g/mol. The largest absolute Gasteiger partial charge is 0.509 e. The normalized spacial score (nSPS) is 13.7.